The second-order valence-corrected chi connectivity index (χ2v) is 5.14. The average molecular weight is 225 g/mol. The van der Waals surface area contributed by atoms with Crippen molar-refractivity contribution < 1.29 is 4.79 Å². The Kier molecular flexibility index (Phi) is 6.51. The fourth-order valence-electron chi connectivity index (χ4n) is 2.52. The zero-order chi connectivity index (χ0) is 11.8. The summed E-state index contributed by atoms with van der Waals surface area (Å²) >= 11 is 0. The Morgan fingerprint density at radius 1 is 1.31 bits per heavy atom. The van der Waals surface area contributed by atoms with E-state index in [1.165, 1.54) is 38.5 Å². The van der Waals surface area contributed by atoms with E-state index in [0.717, 1.165) is 19.4 Å². The van der Waals surface area contributed by atoms with Crippen molar-refractivity contribution in [3.63, 3.8) is 0 Å². The summed E-state index contributed by atoms with van der Waals surface area (Å²) in [5, 5.41) is 3.15. The average Bonchev–Trinajstić information content (AvgIpc) is 2.82. The van der Waals surface area contributed by atoms with Crippen molar-refractivity contribution in [2.24, 2.45) is 11.8 Å². The lowest BCUT2D eigenvalue weighted by Gasteiger charge is -2.17. The van der Waals surface area contributed by atoms with Crippen molar-refractivity contribution >= 4 is 5.91 Å². The van der Waals surface area contributed by atoms with Gasteiger partial charge in [0.1, 0.15) is 0 Å². The molecule has 1 atom stereocenters. The molecule has 0 spiro atoms. The lowest BCUT2D eigenvalue weighted by molar-refractivity contribution is -0.125. The molecular weight excluding hydrogens is 198 g/mol. The lowest BCUT2D eigenvalue weighted by atomic mass is 9.99. The molecule has 1 saturated carbocycles. The Balaban J connectivity index is 2.17. The van der Waals surface area contributed by atoms with Gasteiger partial charge >= 0.3 is 0 Å². The minimum atomic E-state index is 0.312. The highest BCUT2D eigenvalue weighted by atomic mass is 16.1. The summed E-state index contributed by atoms with van der Waals surface area (Å²) in [6.07, 6.45) is 9.69. The largest absolute Gasteiger partial charge is 0.356 e. The number of rotatable bonds is 7. The number of hydrogen-bond acceptors (Lipinski definition) is 1. The van der Waals surface area contributed by atoms with Gasteiger partial charge in [0, 0.05) is 12.5 Å². The summed E-state index contributed by atoms with van der Waals surface area (Å²) in [7, 11) is 0. The van der Waals surface area contributed by atoms with Gasteiger partial charge in [-0.15, -0.1) is 0 Å². The van der Waals surface area contributed by atoms with Crippen molar-refractivity contribution in [3.8, 4) is 0 Å². The molecule has 1 fully saturated rings. The maximum absolute atomic E-state index is 11.8. The second kappa shape index (κ2) is 7.70. The number of carbonyl (C=O) groups excluding carboxylic acids is 1. The van der Waals surface area contributed by atoms with E-state index in [9.17, 15) is 4.79 Å². The normalized spacial score (nSPS) is 18.6. The Morgan fingerprint density at radius 3 is 2.56 bits per heavy atom. The summed E-state index contributed by atoms with van der Waals surface area (Å²) in [6.45, 7) is 5.34. The molecule has 0 aromatic rings. The van der Waals surface area contributed by atoms with Gasteiger partial charge in [0.15, 0.2) is 0 Å². The molecule has 0 aromatic heterocycles. The summed E-state index contributed by atoms with van der Waals surface area (Å²) in [5.74, 6) is 1.32. The van der Waals surface area contributed by atoms with Crippen LogP contribution in [0.25, 0.3) is 0 Å². The lowest BCUT2D eigenvalue weighted by Crippen LogP contribution is -2.33. The summed E-state index contributed by atoms with van der Waals surface area (Å²) in [6, 6.07) is 0. The number of amides is 1. The SMILES string of the molecule is CCCCC(CC)CNC(=O)C1CCCC1. The van der Waals surface area contributed by atoms with Gasteiger partial charge in [-0.3, -0.25) is 4.79 Å². The summed E-state index contributed by atoms with van der Waals surface area (Å²) in [4.78, 5) is 11.8. The van der Waals surface area contributed by atoms with E-state index in [-0.39, 0.29) is 0 Å². The van der Waals surface area contributed by atoms with Crippen LogP contribution >= 0.6 is 0 Å². The molecule has 1 aliphatic rings. The van der Waals surface area contributed by atoms with Crippen LogP contribution in [0.4, 0.5) is 0 Å². The third-order valence-corrected chi connectivity index (χ3v) is 3.83. The quantitative estimate of drug-likeness (QED) is 0.706. The zero-order valence-corrected chi connectivity index (χ0v) is 10.9. The molecule has 2 nitrogen and oxygen atoms in total. The standard InChI is InChI=1S/C14H27NO/c1-3-5-8-12(4-2)11-15-14(16)13-9-6-7-10-13/h12-13H,3-11H2,1-2H3,(H,15,16). The highest BCUT2D eigenvalue weighted by Gasteiger charge is 2.22. The first-order chi connectivity index (χ1) is 7.77. The maximum atomic E-state index is 11.8. The number of nitrogens with one attached hydrogen (secondary N) is 1. The Hall–Kier alpha value is -0.530. The van der Waals surface area contributed by atoms with Gasteiger partial charge in [-0.25, -0.2) is 0 Å². The van der Waals surface area contributed by atoms with Crippen LogP contribution in [0.15, 0.2) is 0 Å². The van der Waals surface area contributed by atoms with Gasteiger partial charge in [0.05, 0.1) is 0 Å². The molecule has 1 amide bonds. The van der Waals surface area contributed by atoms with Crippen LogP contribution in [0.5, 0.6) is 0 Å². The molecule has 0 aliphatic heterocycles. The third kappa shape index (κ3) is 4.54. The van der Waals surface area contributed by atoms with Gasteiger partial charge in [-0.05, 0) is 25.2 Å². The molecule has 1 rings (SSSR count). The van der Waals surface area contributed by atoms with Crippen LogP contribution in [0.2, 0.25) is 0 Å². The van der Waals surface area contributed by atoms with Crippen molar-refractivity contribution in [3.05, 3.63) is 0 Å². The zero-order valence-electron chi connectivity index (χ0n) is 10.9. The molecule has 0 saturated heterocycles. The monoisotopic (exact) mass is 225 g/mol. The van der Waals surface area contributed by atoms with E-state index < -0.39 is 0 Å². The topological polar surface area (TPSA) is 29.1 Å². The smallest absolute Gasteiger partial charge is 0.223 e. The van der Waals surface area contributed by atoms with Crippen molar-refractivity contribution in [2.75, 3.05) is 6.54 Å². The van der Waals surface area contributed by atoms with Crippen LogP contribution in [-0.2, 0) is 4.79 Å². The van der Waals surface area contributed by atoms with Crippen LogP contribution < -0.4 is 5.32 Å². The third-order valence-electron chi connectivity index (χ3n) is 3.83. The summed E-state index contributed by atoms with van der Waals surface area (Å²) in [5.41, 5.74) is 0. The highest BCUT2D eigenvalue weighted by molar-refractivity contribution is 5.78. The van der Waals surface area contributed by atoms with E-state index in [1.54, 1.807) is 0 Å². The minimum absolute atomic E-state index is 0.312. The van der Waals surface area contributed by atoms with E-state index >= 15 is 0 Å². The molecule has 1 aliphatic carbocycles. The van der Waals surface area contributed by atoms with Crippen LogP contribution in [0.3, 0.4) is 0 Å². The fraction of sp³-hybridized carbons (Fsp3) is 0.929. The van der Waals surface area contributed by atoms with E-state index in [1.807, 2.05) is 0 Å². The Labute approximate surface area is 100 Å². The van der Waals surface area contributed by atoms with Crippen molar-refractivity contribution in [1.82, 2.24) is 5.32 Å². The highest BCUT2D eigenvalue weighted by Crippen LogP contribution is 2.24. The molecule has 1 N–H and O–H groups in total. The van der Waals surface area contributed by atoms with Gasteiger partial charge in [0.25, 0.3) is 0 Å². The Bertz CT molecular complexity index is 197. The van der Waals surface area contributed by atoms with Gasteiger partial charge in [-0.2, -0.15) is 0 Å². The van der Waals surface area contributed by atoms with Crippen LogP contribution in [-0.4, -0.2) is 12.5 Å². The fourth-order valence-corrected chi connectivity index (χ4v) is 2.52. The van der Waals surface area contributed by atoms with Gasteiger partial charge in [-0.1, -0.05) is 46.0 Å². The van der Waals surface area contributed by atoms with Crippen LogP contribution in [0, 0.1) is 11.8 Å². The van der Waals surface area contributed by atoms with Gasteiger partial charge < -0.3 is 5.32 Å². The molecular formula is C14H27NO. The number of hydrogen-bond donors (Lipinski definition) is 1. The predicted octanol–water partition coefficient (Wildman–Crippen LogP) is 3.51. The molecule has 0 aromatic carbocycles. The maximum Gasteiger partial charge on any atom is 0.223 e. The Morgan fingerprint density at radius 2 is 2.00 bits per heavy atom. The van der Waals surface area contributed by atoms with Crippen LogP contribution in [0.1, 0.15) is 65.2 Å². The molecule has 0 radical (unpaired) electrons. The molecule has 16 heavy (non-hydrogen) atoms. The molecule has 1 unspecified atom stereocenters. The first kappa shape index (κ1) is 13.5. The number of unbranched alkanes of at least 4 members (excludes halogenated alkanes) is 1. The predicted molar refractivity (Wildman–Crippen MR) is 68.3 cm³/mol. The van der Waals surface area contributed by atoms with Crippen molar-refractivity contribution in [2.45, 2.75) is 65.2 Å². The molecule has 0 bridgehead atoms. The van der Waals surface area contributed by atoms with E-state index in [0.29, 0.717) is 17.7 Å². The minimum Gasteiger partial charge on any atom is -0.356 e. The second-order valence-electron chi connectivity index (χ2n) is 5.14. The molecule has 0 heterocycles. The first-order valence-corrected chi connectivity index (χ1v) is 7.05. The molecule has 94 valence electrons. The first-order valence-electron chi connectivity index (χ1n) is 7.05. The number of carbonyl (C=O) groups is 1. The van der Waals surface area contributed by atoms with E-state index in [2.05, 4.69) is 19.2 Å². The van der Waals surface area contributed by atoms with Gasteiger partial charge in [0.2, 0.25) is 5.91 Å². The van der Waals surface area contributed by atoms with E-state index in [4.69, 9.17) is 0 Å². The molecule has 2 heteroatoms. The summed E-state index contributed by atoms with van der Waals surface area (Å²) < 4.78 is 0. The van der Waals surface area contributed by atoms with Crippen molar-refractivity contribution in [1.29, 1.82) is 0 Å².